The molecule has 2 heterocycles. The van der Waals surface area contributed by atoms with Crippen molar-refractivity contribution in [2.45, 2.75) is 13.8 Å². The lowest BCUT2D eigenvalue weighted by Gasteiger charge is -2.06. The fourth-order valence-corrected chi connectivity index (χ4v) is 1.92. The van der Waals surface area contributed by atoms with E-state index >= 15 is 0 Å². The number of aromatic nitrogens is 4. The van der Waals surface area contributed by atoms with Crippen molar-refractivity contribution >= 4 is 17.6 Å². The lowest BCUT2D eigenvalue weighted by molar-refractivity contribution is 0.0695. The van der Waals surface area contributed by atoms with Crippen molar-refractivity contribution < 1.29 is 14.6 Å². The predicted octanol–water partition coefficient (Wildman–Crippen LogP) is 1.64. The molecule has 2 aromatic rings. The Morgan fingerprint density at radius 1 is 1.47 bits per heavy atom. The maximum Gasteiger partial charge on any atom is 0.339 e. The number of methoxy groups -OCH3 is 1. The molecular formula is C11H11ClN4O3. The van der Waals surface area contributed by atoms with Crippen molar-refractivity contribution in [1.82, 2.24) is 19.7 Å². The van der Waals surface area contributed by atoms with Gasteiger partial charge in [-0.05, 0) is 13.8 Å². The smallest absolute Gasteiger partial charge is 0.339 e. The average Bonchev–Trinajstić information content (AvgIpc) is 2.65. The van der Waals surface area contributed by atoms with Crippen molar-refractivity contribution in [2.24, 2.45) is 0 Å². The van der Waals surface area contributed by atoms with Crippen LogP contribution in [0.15, 0.2) is 6.20 Å². The van der Waals surface area contributed by atoms with Gasteiger partial charge in [0.1, 0.15) is 10.6 Å². The summed E-state index contributed by atoms with van der Waals surface area (Å²) < 4.78 is 6.28. The molecule has 0 bridgehead atoms. The predicted molar refractivity (Wildman–Crippen MR) is 67.1 cm³/mol. The second kappa shape index (κ2) is 4.85. The van der Waals surface area contributed by atoms with Gasteiger partial charge in [-0.25, -0.2) is 14.5 Å². The van der Waals surface area contributed by atoms with Crippen molar-refractivity contribution in [3.8, 4) is 11.8 Å². The second-order valence-corrected chi connectivity index (χ2v) is 4.20. The van der Waals surface area contributed by atoms with Crippen LogP contribution < -0.4 is 4.74 Å². The molecule has 0 unspecified atom stereocenters. The molecule has 0 aliphatic heterocycles. The van der Waals surface area contributed by atoms with E-state index in [0.717, 1.165) is 0 Å². The summed E-state index contributed by atoms with van der Waals surface area (Å²) in [5.41, 5.74) is 0.958. The van der Waals surface area contributed by atoms with E-state index in [0.29, 0.717) is 11.4 Å². The Kier molecular flexibility index (Phi) is 3.39. The van der Waals surface area contributed by atoms with Crippen molar-refractivity contribution in [3.63, 3.8) is 0 Å². The molecule has 0 spiro atoms. The number of carboxylic acid groups (broad SMARTS) is 1. The van der Waals surface area contributed by atoms with E-state index in [9.17, 15) is 4.79 Å². The number of halogens is 1. The van der Waals surface area contributed by atoms with Crippen molar-refractivity contribution in [2.75, 3.05) is 7.11 Å². The van der Waals surface area contributed by atoms with Gasteiger partial charge in [0.05, 0.1) is 24.7 Å². The summed E-state index contributed by atoms with van der Waals surface area (Å²) >= 11 is 6.01. The van der Waals surface area contributed by atoms with Crippen molar-refractivity contribution in [3.05, 3.63) is 28.2 Å². The molecule has 0 aliphatic rings. The monoisotopic (exact) mass is 282 g/mol. The van der Waals surface area contributed by atoms with E-state index in [2.05, 4.69) is 15.1 Å². The third kappa shape index (κ3) is 2.24. The van der Waals surface area contributed by atoms with E-state index in [1.165, 1.54) is 18.0 Å². The summed E-state index contributed by atoms with van der Waals surface area (Å²) in [5.74, 6) is -0.764. The van der Waals surface area contributed by atoms with Crippen LogP contribution in [0.25, 0.3) is 5.82 Å². The van der Waals surface area contributed by atoms with Gasteiger partial charge in [-0.15, -0.1) is 0 Å². The van der Waals surface area contributed by atoms with E-state index in [-0.39, 0.29) is 22.4 Å². The Bertz CT molecular complexity index is 654. The quantitative estimate of drug-likeness (QED) is 0.920. The molecule has 0 fully saturated rings. The topological polar surface area (TPSA) is 90.1 Å². The number of carboxylic acids is 1. The standard InChI is InChI=1S/C11H11ClN4O3/c1-5-8(10(17)18)6(2)16(15-5)9-7(12)4-13-11(14-9)19-3/h4H,1-3H3,(H,17,18). The first-order valence-electron chi connectivity index (χ1n) is 5.32. The Hall–Kier alpha value is -2.15. The fourth-order valence-electron chi connectivity index (χ4n) is 1.75. The van der Waals surface area contributed by atoms with Crippen LogP contribution in [0.2, 0.25) is 5.02 Å². The van der Waals surface area contributed by atoms with Crippen molar-refractivity contribution in [1.29, 1.82) is 0 Å². The van der Waals surface area contributed by atoms with Gasteiger partial charge in [-0.2, -0.15) is 10.1 Å². The summed E-state index contributed by atoms with van der Waals surface area (Å²) in [5, 5.41) is 13.5. The molecule has 0 atom stereocenters. The van der Waals surface area contributed by atoms with E-state index in [1.54, 1.807) is 13.8 Å². The molecule has 0 aliphatic carbocycles. The van der Waals surface area contributed by atoms with Gasteiger partial charge in [0.15, 0.2) is 5.82 Å². The van der Waals surface area contributed by atoms with Gasteiger partial charge in [-0.1, -0.05) is 11.6 Å². The number of hydrogen-bond donors (Lipinski definition) is 1. The molecule has 0 aromatic carbocycles. The minimum atomic E-state index is -1.04. The van der Waals surface area contributed by atoms with Gasteiger partial charge in [0.2, 0.25) is 0 Å². The highest BCUT2D eigenvalue weighted by Gasteiger charge is 2.21. The van der Waals surface area contributed by atoms with Crippen LogP contribution in [0, 0.1) is 13.8 Å². The largest absolute Gasteiger partial charge is 0.478 e. The van der Waals surface area contributed by atoms with Gasteiger partial charge in [-0.3, -0.25) is 0 Å². The molecule has 2 aromatic heterocycles. The fraction of sp³-hybridized carbons (Fsp3) is 0.273. The summed E-state index contributed by atoms with van der Waals surface area (Å²) in [6, 6.07) is 0.129. The number of nitrogens with zero attached hydrogens (tertiary/aromatic N) is 4. The lowest BCUT2D eigenvalue weighted by atomic mass is 10.2. The van der Waals surface area contributed by atoms with Crippen LogP contribution in [0.1, 0.15) is 21.7 Å². The third-order valence-electron chi connectivity index (χ3n) is 2.59. The van der Waals surface area contributed by atoms with Crippen LogP contribution in [-0.2, 0) is 0 Å². The Balaban J connectivity index is 2.66. The molecular weight excluding hydrogens is 272 g/mol. The second-order valence-electron chi connectivity index (χ2n) is 3.79. The van der Waals surface area contributed by atoms with Crippen LogP contribution >= 0.6 is 11.6 Å². The van der Waals surface area contributed by atoms with Gasteiger partial charge in [0.25, 0.3) is 0 Å². The molecule has 0 amide bonds. The van der Waals surface area contributed by atoms with Crippen LogP contribution in [0.5, 0.6) is 6.01 Å². The Labute approximate surface area is 113 Å². The highest BCUT2D eigenvalue weighted by molar-refractivity contribution is 6.32. The number of hydrogen-bond acceptors (Lipinski definition) is 5. The number of aryl methyl sites for hydroxylation is 1. The maximum atomic E-state index is 11.2. The summed E-state index contributed by atoms with van der Waals surface area (Å²) in [6.45, 7) is 3.24. The SMILES string of the molecule is COc1ncc(Cl)c(-n2nc(C)c(C(=O)O)c2C)n1. The highest BCUT2D eigenvalue weighted by atomic mass is 35.5. The molecule has 0 radical (unpaired) electrons. The molecule has 19 heavy (non-hydrogen) atoms. The zero-order valence-corrected chi connectivity index (χ0v) is 11.3. The Morgan fingerprint density at radius 2 is 2.16 bits per heavy atom. The normalized spacial score (nSPS) is 10.5. The highest BCUT2D eigenvalue weighted by Crippen LogP contribution is 2.23. The summed E-state index contributed by atoms with van der Waals surface area (Å²) in [6.07, 6.45) is 1.37. The zero-order valence-electron chi connectivity index (χ0n) is 10.5. The zero-order chi connectivity index (χ0) is 14.2. The molecule has 0 saturated heterocycles. The lowest BCUT2D eigenvalue weighted by Crippen LogP contribution is -2.06. The molecule has 100 valence electrons. The number of ether oxygens (including phenoxy) is 1. The summed E-state index contributed by atoms with van der Waals surface area (Å²) in [7, 11) is 1.43. The number of aromatic carboxylic acids is 1. The maximum absolute atomic E-state index is 11.2. The van der Waals surface area contributed by atoms with Gasteiger partial charge in [0, 0.05) is 0 Å². The first-order chi connectivity index (χ1) is 8.95. The minimum absolute atomic E-state index is 0.129. The van der Waals surface area contributed by atoms with Crippen LogP contribution in [0.4, 0.5) is 0 Å². The number of carbonyl (C=O) groups is 1. The van der Waals surface area contributed by atoms with Gasteiger partial charge < -0.3 is 9.84 Å². The molecule has 1 N–H and O–H groups in total. The van der Waals surface area contributed by atoms with E-state index in [1.807, 2.05) is 0 Å². The first-order valence-corrected chi connectivity index (χ1v) is 5.70. The van der Waals surface area contributed by atoms with E-state index in [4.69, 9.17) is 21.4 Å². The molecule has 8 heteroatoms. The van der Waals surface area contributed by atoms with Crippen LogP contribution in [-0.4, -0.2) is 37.9 Å². The Morgan fingerprint density at radius 3 is 2.68 bits per heavy atom. The third-order valence-corrected chi connectivity index (χ3v) is 2.86. The van der Waals surface area contributed by atoms with E-state index < -0.39 is 5.97 Å². The first kappa shape index (κ1) is 13.3. The van der Waals surface area contributed by atoms with Crippen LogP contribution in [0.3, 0.4) is 0 Å². The minimum Gasteiger partial charge on any atom is -0.478 e. The average molecular weight is 283 g/mol. The molecule has 0 saturated carbocycles. The number of rotatable bonds is 3. The molecule has 7 nitrogen and oxygen atoms in total. The summed E-state index contributed by atoms with van der Waals surface area (Å²) in [4.78, 5) is 19.1. The molecule has 2 rings (SSSR count). The van der Waals surface area contributed by atoms with Gasteiger partial charge >= 0.3 is 12.0 Å².